The fraction of sp³-hybridized carbons (Fsp3) is 0.375. The van der Waals surface area contributed by atoms with Gasteiger partial charge in [-0.3, -0.25) is 19.3 Å². The van der Waals surface area contributed by atoms with Crippen molar-refractivity contribution in [2.75, 3.05) is 35.4 Å². The number of nitrogens with zero attached hydrogens (tertiary/aromatic N) is 7. The maximum Gasteiger partial charge on any atom is 0.416 e. The van der Waals surface area contributed by atoms with Gasteiger partial charge in [-0.1, -0.05) is 24.3 Å². The largest absolute Gasteiger partial charge is 0.444 e. The number of para-hydroxylation sites is 1. The summed E-state index contributed by atoms with van der Waals surface area (Å²) in [5, 5.41) is 16.3. The number of fused-ring (bicyclic) bond motifs is 4. The van der Waals surface area contributed by atoms with E-state index in [4.69, 9.17) is 14.5 Å². The van der Waals surface area contributed by atoms with E-state index >= 15 is 0 Å². The Morgan fingerprint density at radius 2 is 1.54 bits per heavy atom. The van der Waals surface area contributed by atoms with Crippen molar-refractivity contribution >= 4 is 45.0 Å². The highest BCUT2D eigenvalue weighted by Crippen LogP contribution is 2.34. The Bertz CT molecular complexity index is 1980. The lowest BCUT2D eigenvalue weighted by atomic mass is 10.1. The molecule has 5 rings (SSSR count). The number of anilines is 2. The van der Waals surface area contributed by atoms with Gasteiger partial charge < -0.3 is 14.4 Å². The number of carbonyl (C=O) groups is 2. The van der Waals surface area contributed by atoms with E-state index in [1.807, 2.05) is 0 Å². The molecule has 2 aromatic carbocycles. The van der Waals surface area contributed by atoms with Crippen molar-refractivity contribution in [3.05, 3.63) is 77.1 Å². The Morgan fingerprint density at radius 1 is 0.875 bits per heavy atom. The lowest BCUT2D eigenvalue weighted by Gasteiger charge is -2.32. The number of ether oxygens (including phenoxy) is 2. The standard InChI is InChI=1S/C32H37N7O8S/c1-31(2,3)46-29(40)35-16-18-36(30(41)47-32(4,5)6)27-14-15-37-28(34-27)24(21-33-37)22-10-9-11-23(20-22)38(19-17-35)48(44,45)26-13-8-7-12-25(26)39(42)43/h7-15,20-21H,16-19H2,1-6H3. The Kier molecular flexibility index (Phi) is 9.05. The first-order chi connectivity index (χ1) is 22.4. The normalized spacial score (nSPS) is 14.5. The van der Waals surface area contributed by atoms with Crippen LogP contribution >= 0.6 is 0 Å². The third-order valence-corrected chi connectivity index (χ3v) is 9.01. The molecule has 1 aliphatic heterocycles. The van der Waals surface area contributed by atoms with E-state index in [-0.39, 0.29) is 37.7 Å². The molecule has 0 saturated carbocycles. The molecule has 0 atom stereocenters. The lowest BCUT2D eigenvalue weighted by Crippen LogP contribution is -2.47. The van der Waals surface area contributed by atoms with Crippen LogP contribution in [0.2, 0.25) is 0 Å². The van der Waals surface area contributed by atoms with E-state index in [9.17, 15) is 28.1 Å². The highest BCUT2D eigenvalue weighted by Gasteiger charge is 2.34. The number of nitro benzene ring substituents is 1. The molecule has 4 bridgehead atoms. The summed E-state index contributed by atoms with van der Waals surface area (Å²) < 4.78 is 42.5. The van der Waals surface area contributed by atoms with Gasteiger partial charge in [0, 0.05) is 37.5 Å². The average Bonchev–Trinajstić information content (AvgIpc) is 3.41. The summed E-state index contributed by atoms with van der Waals surface area (Å²) in [6.45, 7) is 9.56. The van der Waals surface area contributed by atoms with Gasteiger partial charge in [0.15, 0.2) is 10.5 Å². The molecule has 15 nitrogen and oxygen atoms in total. The molecule has 2 amide bonds. The second-order valence-corrected chi connectivity index (χ2v) is 14.9. The van der Waals surface area contributed by atoms with Gasteiger partial charge in [0.05, 0.1) is 23.4 Å². The van der Waals surface area contributed by atoms with Crippen LogP contribution in [0.3, 0.4) is 0 Å². The third kappa shape index (κ3) is 7.33. The smallest absolute Gasteiger partial charge is 0.416 e. The molecular formula is C32H37N7O8S. The number of rotatable bonds is 3. The van der Waals surface area contributed by atoms with Crippen LogP contribution in [-0.2, 0) is 19.5 Å². The zero-order valence-corrected chi connectivity index (χ0v) is 28.3. The predicted molar refractivity (Wildman–Crippen MR) is 177 cm³/mol. The van der Waals surface area contributed by atoms with Gasteiger partial charge in [0.1, 0.15) is 17.0 Å². The van der Waals surface area contributed by atoms with Crippen LogP contribution in [0.1, 0.15) is 41.5 Å². The minimum Gasteiger partial charge on any atom is -0.444 e. The number of sulfonamides is 1. The minimum atomic E-state index is -4.57. The number of aromatic nitrogens is 3. The number of benzene rings is 2. The molecule has 0 aliphatic carbocycles. The van der Waals surface area contributed by atoms with Crippen molar-refractivity contribution in [2.45, 2.75) is 57.6 Å². The molecule has 48 heavy (non-hydrogen) atoms. The summed E-state index contributed by atoms with van der Waals surface area (Å²) in [7, 11) is -4.57. The second kappa shape index (κ2) is 12.7. The van der Waals surface area contributed by atoms with Crippen molar-refractivity contribution in [3.8, 4) is 11.1 Å². The third-order valence-electron chi connectivity index (χ3n) is 7.14. The van der Waals surface area contributed by atoms with Crippen LogP contribution in [0.25, 0.3) is 16.8 Å². The summed E-state index contributed by atoms with van der Waals surface area (Å²) in [6, 6.07) is 13.2. The quantitative estimate of drug-likeness (QED) is 0.199. The summed E-state index contributed by atoms with van der Waals surface area (Å²) in [5.41, 5.74) is -0.688. The second-order valence-electron chi connectivity index (χ2n) is 13.1. The van der Waals surface area contributed by atoms with Gasteiger partial charge in [-0.05, 0) is 71.4 Å². The van der Waals surface area contributed by atoms with Crippen molar-refractivity contribution in [1.82, 2.24) is 19.5 Å². The molecule has 0 fully saturated rings. The highest BCUT2D eigenvalue weighted by atomic mass is 32.2. The van der Waals surface area contributed by atoms with Gasteiger partial charge in [-0.25, -0.2) is 27.5 Å². The van der Waals surface area contributed by atoms with Crippen LogP contribution in [0.4, 0.5) is 26.8 Å². The van der Waals surface area contributed by atoms with Crippen molar-refractivity contribution < 1.29 is 32.4 Å². The van der Waals surface area contributed by atoms with Crippen LogP contribution in [0.5, 0.6) is 0 Å². The first-order valence-electron chi connectivity index (χ1n) is 15.1. The Balaban J connectivity index is 1.70. The van der Waals surface area contributed by atoms with Gasteiger partial charge in [-0.2, -0.15) is 5.10 Å². The Labute approximate surface area is 277 Å². The zero-order valence-electron chi connectivity index (χ0n) is 27.5. The van der Waals surface area contributed by atoms with Crippen molar-refractivity contribution in [2.24, 2.45) is 0 Å². The number of carbonyl (C=O) groups excluding carboxylic acids is 2. The SMILES string of the molecule is CC(C)(C)OC(=O)N1CCN(C(=O)OC(C)(C)C)c2ccn3ncc(c3n2)-c2cccc(c2)N(S(=O)(=O)c2ccccc2[N+](=O)[O-])CC1. The minimum absolute atomic E-state index is 0.0942. The molecule has 0 saturated heterocycles. The number of hydrogen-bond acceptors (Lipinski definition) is 10. The molecule has 0 radical (unpaired) electrons. The molecule has 0 unspecified atom stereocenters. The fourth-order valence-corrected chi connectivity index (χ4v) is 6.65. The van der Waals surface area contributed by atoms with Gasteiger partial charge >= 0.3 is 12.2 Å². The van der Waals surface area contributed by atoms with E-state index in [0.29, 0.717) is 16.8 Å². The fourth-order valence-electron chi connectivity index (χ4n) is 5.04. The predicted octanol–water partition coefficient (Wildman–Crippen LogP) is 5.49. The van der Waals surface area contributed by atoms with E-state index in [2.05, 4.69) is 5.10 Å². The number of amides is 2. The van der Waals surface area contributed by atoms with E-state index in [1.54, 1.807) is 84.3 Å². The molecule has 254 valence electrons. The summed E-state index contributed by atoms with van der Waals surface area (Å²) in [6.07, 6.45) is 1.74. The van der Waals surface area contributed by atoms with Crippen LogP contribution in [-0.4, -0.2) is 82.4 Å². The zero-order chi connectivity index (χ0) is 35.0. The molecule has 4 aromatic rings. The maximum absolute atomic E-state index is 14.3. The highest BCUT2D eigenvalue weighted by molar-refractivity contribution is 7.93. The average molecular weight is 680 g/mol. The molecule has 3 heterocycles. The first kappa shape index (κ1) is 34.1. The topological polar surface area (TPSA) is 170 Å². The molecule has 0 spiro atoms. The van der Waals surface area contributed by atoms with Crippen LogP contribution < -0.4 is 9.21 Å². The van der Waals surface area contributed by atoms with Crippen molar-refractivity contribution in [1.29, 1.82) is 0 Å². The monoisotopic (exact) mass is 679 g/mol. The van der Waals surface area contributed by atoms with Crippen molar-refractivity contribution in [3.63, 3.8) is 0 Å². The van der Waals surface area contributed by atoms with E-state index in [0.717, 1.165) is 10.4 Å². The van der Waals surface area contributed by atoms with Crippen LogP contribution in [0, 0.1) is 10.1 Å². The summed E-state index contributed by atoms with van der Waals surface area (Å²) in [4.78, 5) is 45.1. The first-order valence-corrected chi connectivity index (χ1v) is 16.6. The molecule has 0 N–H and O–H groups in total. The number of nitro groups is 1. The Morgan fingerprint density at radius 3 is 2.23 bits per heavy atom. The van der Waals surface area contributed by atoms with Gasteiger partial charge in [0.2, 0.25) is 0 Å². The summed E-state index contributed by atoms with van der Waals surface area (Å²) in [5.74, 6) is 0.247. The van der Waals surface area contributed by atoms with Crippen LogP contribution in [0.15, 0.2) is 71.9 Å². The summed E-state index contributed by atoms with van der Waals surface area (Å²) >= 11 is 0. The van der Waals surface area contributed by atoms with Gasteiger partial charge in [0.25, 0.3) is 15.7 Å². The molecular weight excluding hydrogens is 642 g/mol. The molecule has 2 aromatic heterocycles. The molecule has 1 aliphatic rings. The maximum atomic E-state index is 14.3. The number of hydrogen-bond donors (Lipinski definition) is 0. The molecule has 16 heteroatoms. The van der Waals surface area contributed by atoms with Gasteiger partial charge in [-0.15, -0.1) is 0 Å². The van der Waals surface area contributed by atoms with E-state index in [1.165, 1.54) is 32.5 Å². The lowest BCUT2D eigenvalue weighted by molar-refractivity contribution is -0.387. The van der Waals surface area contributed by atoms with E-state index < -0.39 is 48.9 Å². The Hall–Kier alpha value is -5.25.